The zero-order valence-corrected chi connectivity index (χ0v) is 20.0. The van der Waals surface area contributed by atoms with Crippen molar-refractivity contribution < 1.29 is 27.1 Å². The fourth-order valence-electron chi connectivity index (χ4n) is 4.29. The summed E-state index contributed by atoms with van der Waals surface area (Å²) in [4.78, 5) is 30.4. The Morgan fingerprint density at radius 2 is 1.68 bits per heavy atom. The van der Waals surface area contributed by atoms with Crippen molar-refractivity contribution in [2.75, 3.05) is 51.3 Å². The van der Waals surface area contributed by atoms with Crippen LogP contribution in [0.1, 0.15) is 27.1 Å². The standard InChI is InChI=1S/C22H24ClFN4O5S/c1-33-19-4-3-14(24)11-18(19)27-9-7-26(8-10-27)5-2-6-28-21(29)15-12-17(23)20(34(25,31)32)13-16(15)22(28)30/h3-4,11-13H,2,5-10H2,1H3,(H2,25,31,32). The highest BCUT2D eigenvalue weighted by atomic mass is 35.5. The molecule has 2 heterocycles. The Labute approximate surface area is 201 Å². The highest BCUT2D eigenvalue weighted by molar-refractivity contribution is 7.89. The number of nitrogens with zero attached hydrogens (tertiary/aromatic N) is 3. The molecule has 12 heteroatoms. The Morgan fingerprint density at radius 1 is 1.03 bits per heavy atom. The quantitative estimate of drug-likeness (QED) is 0.566. The largest absolute Gasteiger partial charge is 0.495 e. The fraction of sp³-hybridized carbons (Fsp3) is 0.364. The average Bonchev–Trinajstić information content (AvgIpc) is 3.02. The minimum atomic E-state index is -4.13. The van der Waals surface area contributed by atoms with Crippen molar-refractivity contribution in [3.8, 4) is 5.75 Å². The lowest BCUT2D eigenvalue weighted by Gasteiger charge is -2.36. The number of methoxy groups -OCH3 is 1. The van der Waals surface area contributed by atoms with E-state index in [2.05, 4.69) is 9.80 Å². The molecule has 0 saturated carbocycles. The predicted octanol–water partition coefficient (Wildman–Crippen LogP) is 1.94. The monoisotopic (exact) mass is 510 g/mol. The number of hydrogen-bond acceptors (Lipinski definition) is 7. The Kier molecular flexibility index (Phi) is 6.81. The summed E-state index contributed by atoms with van der Waals surface area (Å²) < 4.78 is 42.4. The number of sulfonamides is 1. The molecule has 2 N–H and O–H groups in total. The van der Waals surface area contributed by atoms with Gasteiger partial charge in [0.25, 0.3) is 11.8 Å². The van der Waals surface area contributed by atoms with E-state index in [-0.39, 0.29) is 33.4 Å². The summed E-state index contributed by atoms with van der Waals surface area (Å²) in [5.74, 6) is -0.779. The number of anilines is 1. The zero-order chi connectivity index (χ0) is 24.6. The molecule has 0 radical (unpaired) electrons. The molecule has 0 spiro atoms. The number of fused-ring (bicyclic) bond motifs is 1. The van der Waals surface area contributed by atoms with Crippen LogP contribution in [0, 0.1) is 5.82 Å². The van der Waals surface area contributed by atoms with Crippen LogP contribution < -0.4 is 14.8 Å². The lowest BCUT2D eigenvalue weighted by atomic mass is 10.1. The molecule has 4 rings (SSSR count). The van der Waals surface area contributed by atoms with Crippen molar-refractivity contribution >= 4 is 39.1 Å². The third-order valence-corrected chi connectivity index (χ3v) is 7.42. The van der Waals surface area contributed by atoms with Crippen LogP contribution in [0.4, 0.5) is 10.1 Å². The van der Waals surface area contributed by atoms with Crippen molar-refractivity contribution in [2.45, 2.75) is 11.3 Å². The Hall–Kier alpha value is -2.73. The highest BCUT2D eigenvalue weighted by Gasteiger charge is 2.37. The third kappa shape index (κ3) is 4.74. The molecule has 0 aromatic heterocycles. The van der Waals surface area contributed by atoms with Gasteiger partial charge in [-0.25, -0.2) is 17.9 Å². The summed E-state index contributed by atoms with van der Waals surface area (Å²) in [6.45, 7) is 3.67. The van der Waals surface area contributed by atoms with E-state index < -0.39 is 21.8 Å². The maximum Gasteiger partial charge on any atom is 0.261 e. The van der Waals surface area contributed by atoms with E-state index in [1.807, 2.05) is 0 Å². The molecule has 0 atom stereocenters. The van der Waals surface area contributed by atoms with Crippen molar-refractivity contribution in [2.24, 2.45) is 5.14 Å². The first-order valence-electron chi connectivity index (χ1n) is 10.6. The minimum Gasteiger partial charge on any atom is -0.495 e. The van der Waals surface area contributed by atoms with Crippen LogP contribution >= 0.6 is 11.6 Å². The number of nitrogens with two attached hydrogens (primary N) is 1. The molecule has 182 valence electrons. The summed E-state index contributed by atoms with van der Waals surface area (Å²) in [7, 11) is -2.58. The van der Waals surface area contributed by atoms with E-state index in [1.165, 1.54) is 18.2 Å². The minimum absolute atomic E-state index is 0.0175. The second kappa shape index (κ2) is 9.49. The van der Waals surface area contributed by atoms with Gasteiger partial charge in [-0.3, -0.25) is 19.4 Å². The number of halogens is 2. The molecule has 2 amide bonds. The molecule has 0 aliphatic carbocycles. The third-order valence-electron chi connectivity index (χ3n) is 6.04. The predicted molar refractivity (Wildman–Crippen MR) is 124 cm³/mol. The molecule has 9 nitrogen and oxygen atoms in total. The molecular weight excluding hydrogens is 487 g/mol. The number of piperazine rings is 1. The highest BCUT2D eigenvalue weighted by Crippen LogP contribution is 2.31. The van der Waals surface area contributed by atoms with Crippen molar-refractivity contribution in [3.63, 3.8) is 0 Å². The second-order valence-electron chi connectivity index (χ2n) is 8.13. The average molecular weight is 511 g/mol. The Bertz CT molecular complexity index is 1250. The molecule has 34 heavy (non-hydrogen) atoms. The van der Waals surface area contributed by atoms with Gasteiger partial charge in [-0.05, 0) is 37.2 Å². The van der Waals surface area contributed by atoms with Gasteiger partial charge in [0.1, 0.15) is 16.5 Å². The lowest BCUT2D eigenvalue weighted by molar-refractivity contribution is 0.0647. The maximum atomic E-state index is 13.7. The van der Waals surface area contributed by atoms with E-state index in [9.17, 15) is 22.4 Å². The van der Waals surface area contributed by atoms with Gasteiger partial charge in [0.15, 0.2) is 0 Å². The topological polar surface area (TPSA) is 113 Å². The van der Waals surface area contributed by atoms with Crippen LogP contribution in [-0.2, 0) is 10.0 Å². The summed E-state index contributed by atoms with van der Waals surface area (Å²) >= 11 is 5.96. The molecule has 2 aliphatic rings. The SMILES string of the molecule is COc1ccc(F)cc1N1CCN(CCCN2C(=O)c3cc(Cl)c(S(N)(=O)=O)cc3C2=O)CC1. The van der Waals surface area contributed by atoms with E-state index in [1.54, 1.807) is 13.2 Å². The molecule has 0 bridgehead atoms. The molecule has 1 fully saturated rings. The van der Waals surface area contributed by atoms with Crippen molar-refractivity contribution in [1.29, 1.82) is 0 Å². The number of carbonyl (C=O) groups is 2. The van der Waals surface area contributed by atoms with Gasteiger partial charge in [0.05, 0.1) is 28.9 Å². The number of carbonyl (C=O) groups excluding carboxylic acids is 2. The number of amides is 2. The van der Waals surface area contributed by atoms with Crippen LogP contribution in [0.15, 0.2) is 35.2 Å². The van der Waals surface area contributed by atoms with Gasteiger partial charge in [-0.15, -0.1) is 0 Å². The summed E-state index contributed by atoms with van der Waals surface area (Å²) in [6.07, 6.45) is 0.546. The van der Waals surface area contributed by atoms with Gasteiger partial charge in [0.2, 0.25) is 10.0 Å². The van der Waals surface area contributed by atoms with Crippen LogP contribution in [0.3, 0.4) is 0 Å². The van der Waals surface area contributed by atoms with E-state index in [0.29, 0.717) is 37.5 Å². The molecule has 0 unspecified atom stereocenters. The Balaban J connectivity index is 1.34. The Morgan fingerprint density at radius 3 is 2.29 bits per heavy atom. The maximum absolute atomic E-state index is 13.7. The number of primary sulfonamides is 1. The van der Waals surface area contributed by atoms with Crippen LogP contribution in [0.2, 0.25) is 5.02 Å². The number of benzene rings is 2. The smallest absolute Gasteiger partial charge is 0.261 e. The van der Waals surface area contributed by atoms with Crippen LogP contribution in [-0.4, -0.2) is 76.4 Å². The fourth-order valence-corrected chi connectivity index (χ4v) is 5.39. The van der Waals surface area contributed by atoms with E-state index in [0.717, 1.165) is 24.1 Å². The summed E-state index contributed by atoms with van der Waals surface area (Å²) in [6, 6.07) is 6.67. The van der Waals surface area contributed by atoms with Gasteiger partial charge in [0, 0.05) is 38.8 Å². The summed E-state index contributed by atoms with van der Waals surface area (Å²) in [5, 5.41) is 4.95. The molecule has 1 saturated heterocycles. The van der Waals surface area contributed by atoms with Gasteiger partial charge in [-0.2, -0.15) is 0 Å². The van der Waals surface area contributed by atoms with Crippen molar-refractivity contribution in [1.82, 2.24) is 9.80 Å². The zero-order valence-electron chi connectivity index (χ0n) is 18.5. The van der Waals surface area contributed by atoms with Crippen LogP contribution in [0.25, 0.3) is 0 Å². The van der Waals surface area contributed by atoms with E-state index in [4.69, 9.17) is 21.5 Å². The normalized spacial score (nSPS) is 16.8. The van der Waals surface area contributed by atoms with E-state index >= 15 is 0 Å². The summed E-state index contributed by atoms with van der Waals surface area (Å²) in [5.41, 5.74) is 0.766. The number of imide groups is 1. The molecule has 2 aliphatic heterocycles. The van der Waals surface area contributed by atoms with Crippen LogP contribution in [0.5, 0.6) is 5.75 Å². The van der Waals surface area contributed by atoms with Gasteiger partial charge in [-0.1, -0.05) is 11.6 Å². The molecular formula is C22H24ClFN4O5S. The molecule has 2 aromatic rings. The first kappa shape index (κ1) is 24.4. The number of hydrogen-bond donors (Lipinski definition) is 1. The lowest BCUT2D eigenvalue weighted by Crippen LogP contribution is -2.47. The number of ether oxygens (including phenoxy) is 1. The van der Waals surface area contributed by atoms with Crippen molar-refractivity contribution in [3.05, 3.63) is 52.3 Å². The molecule has 2 aromatic carbocycles. The first-order valence-corrected chi connectivity index (χ1v) is 12.6. The first-order chi connectivity index (χ1) is 16.1. The second-order valence-corrected chi connectivity index (χ2v) is 10.1. The number of rotatable bonds is 7. The van der Waals surface area contributed by atoms with Gasteiger partial charge < -0.3 is 9.64 Å². The van der Waals surface area contributed by atoms with Gasteiger partial charge >= 0.3 is 0 Å².